The molecular weight excluding hydrogens is 188 g/mol. The van der Waals surface area contributed by atoms with Crippen molar-refractivity contribution in [3.8, 4) is 0 Å². The van der Waals surface area contributed by atoms with Gasteiger partial charge in [-0.15, -0.1) is 0 Å². The van der Waals surface area contributed by atoms with Crippen molar-refractivity contribution in [3.05, 3.63) is 24.7 Å². The minimum Gasteiger partial charge on any atom is -0.390 e. The van der Waals surface area contributed by atoms with Gasteiger partial charge in [-0.05, 0) is 26.2 Å². The highest BCUT2D eigenvalue weighted by Crippen LogP contribution is 2.67. The number of hydrogen-bond donors (Lipinski definition) is 1. The number of hydrogen-bond acceptors (Lipinski definition) is 2. The lowest BCUT2D eigenvalue weighted by Gasteiger charge is -2.32. The van der Waals surface area contributed by atoms with Gasteiger partial charge in [0.25, 0.3) is 0 Å². The van der Waals surface area contributed by atoms with Crippen LogP contribution in [0.1, 0.15) is 26.2 Å². The monoisotopic (exact) mass is 206 g/mol. The van der Waals surface area contributed by atoms with Gasteiger partial charge in [0.05, 0.1) is 18.6 Å². The first kappa shape index (κ1) is 9.61. The lowest BCUT2D eigenvalue weighted by Crippen LogP contribution is -2.35. The summed E-state index contributed by atoms with van der Waals surface area (Å²) >= 11 is 0. The molecule has 0 aromatic heterocycles. The Morgan fingerprint density at radius 3 is 3.07 bits per heavy atom. The third-order valence-electron chi connectivity index (χ3n) is 4.66. The van der Waals surface area contributed by atoms with Crippen LogP contribution in [0.5, 0.6) is 0 Å². The fourth-order valence-corrected chi connectivity index (χ4v) is 3.98. The van der Waals surface area contributed by atoms with Gasteiger partial charge < -0.3 is 5.11 Å². The maximum atomic E-state index is 10.4. The van der Waals surface area contributed by atoms with E-state index >= 15 is 0 Å². The van der Waals surface area contributed by atoms with Gasteiger partial charge in [0.1, 0.15) is 5.41 Å². The van der Waals surface area contributed by atoms with Crippen LogP contribution in [-0.4, -0.2) is 17.8 Å². The molecule has 1 spiro atoms. The number of aliphatic hydroxyl groups is 1. The molecule has 0 heterocycles. The number of allylic oxidation sites excluding steroid dienone is 1. The summed E-state index contributed by atoms with van der Waals surface area (Å²) in [4.78, 5) is 0. The minimum atomic E-state index is -0.513. The van der Waals surface area contributed by atoms with Crippen molar-refractivity contribution in [1.29, 1.82) is 0 Å². The van der Waals surface area contributed by atoms with Gasteiger partial charge in [-0.3, -0.25) is 0 Å². The molecule has 2 heteroatoms. The van der Waals surface area contributed by atoms with Crippen molar-refractivity contribution in [3.63, 3.8) is 0 Å². The fraction of sp³-hybridized carbons (Fsp3) is 0.692. The third kappa shape index (κ3) is 1.02. The summed E-state index contributed by atoms with van der Waals surface area (Å²) < 4.78 is 5.60. The van der Waals surface area contributed by atoms with Crippen LogP contribution >= 0.6 is 0 Å². The topological polar surface area (TPSA) is 29.5 Å². The Morgan fingerprint density at radius 1 is 1.53 bits per heavy atom. The second kappa shape index (κ2) is 2.74. The molecule has 0 unspecified atom stereocenters. The first-order chi connectivity index (χ1) is 7.10. The Kier molecular flexibility index (Phi) is 1.76. The van der Waals surface area contributed by atoms with Gasteiger partial charge in [0, 0.05) is 5.92 Å². The Balaban J connectivity index is 2.05. The molecule has 0 aromatic rings. The Morgan fingerprint density at radius 2 is 2.33 bits per heavy atom. The van der Waals surface area contributed by atoms with Crippen LogP contribution in [0.4, 0.5) is 0 Å². The smallest absolute Gasteiger partial charge is 0.223 e. The zero-order valence-corrected chi connectivity index (χ0v) is 9.36. The van der Waals surface area contributed by atoms with E-state index in [4.69, 9.17) is 4.74 Å². The highest BCUT2D eigenvalue weighted by atomic mass is 16.5. The zero-order chi connectivity index (χ0) is 10.7. The molecule has 0 aromatic carbocycles. The molecule has 0 aliphatic heterocycles. The molecule has 3 rings (SSSR count). The predicted molar refractivity (Wildman–Crippen MR) is 57.6 cm³/mol. The second-order valence-corrected chi connectivity index (χ2v) is 5.41. The summed E-state index contributed by atoms with van der Waals surface area (Å²) in [6.07, 6.45) is 10.8. The third-order valence-corrected chi connectivity index (χ3v) is 4.66. The molecule has 15 heavy (non-hydrogen) atoms. The normalized spacial score (nSPS) is 51.8. The summed E-state index contributed by atoms with van der Waals surface area (Å²) in [5.41, 5.74) is -0.473. The molecule has 2 bridgehead atoms. The van der Waals surface area contributed by atoms with E-state index in [0.717, 1.165) is 19.3 Å². The van der Waals surface area contributed by atoms with E-state index < -0.39 is 5.60 Å². The molecule has 2 saturated carbocycles. The largest absolute Gasteiger partial charge is 0.390 e. The number of methoxy groups -OCH3 is 1. The highest BCUT2D eigenvalue weighted by molar-refractivity contribution is 5.35. The molecule has 0 saturated heterocycles. The quantitative estimate of drug-likeness (QED) is 0.666. The average Bonchev–Trinajstić information content (AvgIpc) is 2.53. The fourth-order valence-electron chi connectivity index (χ4n) is 3.98. The Bertz CT molecular complexity index is 308. The van der Waals surface area contributed by atoms with Gasteiger partial charge >= 0.3 is 0 Å². The Labute approximate surface area is 91.3 Å². The molecule has 0 radical (unpaired) electrons. The van der Waals surface area contributed by atoms with Crippen molar-refractivity contribution in [2.45, 2.75) is 31.8 Å². The van der Waals surface area contributed by atoms with Crippen LogP contribution in [0.25, 0.3) is 0 Å². The van der Waals surface area contributed by atoms with E-state index in [1.807, 2.05) is 6.92 Å². The first-order valence-electron chi connectivity index (χ1n) is 5.76. The average molecular weight is 206 g/mol. The van der Waals surface area contributed by atoms with E-state index in [0.29, 0.717) is 11.8 Å². The van der Waals surface area contributed by atoms with Crippen LogP contribution < -0.4 is 0 Å². The molecule has 2 fully saturated rings. The van der Waals surface area contributed by atoms with Crippen LogP contribution in [0.2, 0.25) is 0 Å². The summed E-state index contributed by atoms with van der Waals surface area (Å²) in [6.45, 7) is 1.98. The minimum absolute atomic E-state index is 0.0394. The van der Waals surface area contributed by atoms with Crippen LogP contribution in [0, 0.1) is 29.8 Å². The van der Waals surface area contributed by atoms with Gasteiger partial charge in [-0.2, -0.15) is 17.2 Å². The molecular formula is C13H18O2. The van der Waals surface area contributed by atoms with Gasteiger partial charge in [0.15, 0.2) is 0 Å². The van der Waals surface area contributed by atoms with E-state index in [-0.39, 0.29) is 5.41 Å². The molecule has 2 nitrogen and oxygen atoms in total. The van der Waals surface area contributed by atoms with Gasteiger partial charge in [0.2, 0.25) is 6.10 Å². The lowest BCUT2D eigenvalue weighted by atomic mass is 9.73. The highest BCUT2D eigenvalue weighted by Gasteiger charge is 2.68. The van der Waals surface area contributed by atoms with E-state index in [1.165, 1.54) is 6.10 Å². The van der Waals surface area contributed by atoms with Crippen LogP contribution in [0.3, 0.4) is 0 Å². The molecule has 4 atom stereocenters. The number of ether oxygens (including phenoxy) is 1. The summed E-state index contributed by atoms with van der Waals surface area (Å²) in [5, 5.41) is 10.4. The number of rotatable bonds is 1. The first-order valence-corrected chi connectivity index (χ1v) is 5.76. The van der Waals surface area contributed by atoms with Crippen molar-refractivity contribution in [2.75, 3.05) is 7.11 Å². The Hall–Kier alpha value is -0.600. The van der Waals surface area contributed by atoms with Crippen LogP contribution in [0.15, 0.2) is 12.2 Å². The van der Waals surface area contributed by atoms with Gasteiger partial charge in [-0.25, -0.2) is 6.08 Å². The number of fused-ring (bicyclic) bond motifs is 1. The van der Waals surface area contributed by atoms with Crippen molar-refractivity contribution < 1.29 is 9.84 Å². The van der Waals surface area contributed by atoms with E-state index in [1.54, 1.807) is 7.11 Å². The zero-order valence-electron chi connectivity index (χ0n) is 9.36. The standard InChI is InChI=1S/C13H18O2/c1-12(14)6-7-13-5-3-4-9(8-10(12)13)11(13)15-2/h3-5,9-10,14H,6-8H2,1-2H3/t9-,10+,12+,13-/m0/s1. The summed E-state index contributed by atoms with van der Waals surface area (Å²) in [7, 11) is 1.77. The van der Waals surface area contributed by atoms with Crippen molar-refractivity contribution in [1.82, 2.24) is 0 Å². The molecule has 1 N–H and O–H groups in total. The summed E-state index contributed by atoms with van der Waals surface area (Å²) in [6, 6.07) is 0. The van der Waals surface area contributed by atoms with E-state index in [9.17, 15) is 5.11 Å². The van der Waals surface area contributed by atoms with Crippen molar-refractivity contribution >= 4 is 0 Å². The van der Waals surface area contributed by atoms with Gasteiger partial charge in [-0.1, -0.05) is 0 Å². The molecule has 0 amide bonds. The SMILES string of the molecule is CO[C+]1[C@H]2[CH-]C=C[C@@]13CC[C@@](C)(O)[C@H]3C2. The molecule has 3 aliphatic carbocycles. The predicted octanol–water partition coefficient (Wildman–Crippen LogP) is 2.11. The van der Waals surface area contributed by atoms with Crippen molar-refractivity contribution in [2.24, 2.45) is 17.3 Å². The maximum absolute atomic E-state index is 10.4. The summed E-state index contributed by atoms with van der Waals surface area (Å²) in [5.74, 6) is 0.775. The lowest BCUT2D eigenvalue weighted by molar-refractivity contribution is 0.00256. The molecule has 3 aliphatic rings. The second-order valence-electron chi connectivity index (χ2n) is 5.41. The maximum Gasteiger partial charge on any atom is 0.223 e. The van der Waals surface area contributed by atoms with E-state index in [2.05, 4.69) is 18.6 Å². The molecule has 82 valence electrons. The van der Waals surface area contributed by atoms with Crippen LogP contribution in [-0.2, 0) is 4.74 Å².